The van der Waals surface area contributed by atoms with E-state index in [9.17, 15) is 18.8 Å². The van der Waals surface area contributed by atoms with Crippen LogP contribution in [-0.4, -0.2) is 52.6 Å². The Morgan fingerprint density at radius 1 is 1.28 bits per heavy atom. The number of carbonyl (C=O) groups excluding carboxylic acids is 2. The molecule has 1 fully saturated rings. The summed E-state index contributed by atoms with van der Waals surface area (Å²) < 4.78 is 14.2. The Morgan fingerprint density at radius 3 is 2.44 bits per heavy atom. The molecule has 2 rings (SSSR count). The summed E-state index contributed by atoms with van der Waals surface area (Å²) >= 11 is 0. The molecule has 6 nitrogen and oxygen atoms in total. The van der Waals surface area contributed by atoms with Crippen molar-refractivity contribution >= 4 is 17.8 Å². The topological polar surface area (TPSA) is 86.7 Å². The number of halogens is 1. The van der Waals surface area contributed by atoms with Gasteiger partial charge in [-0.05, 0) is 11.5 Å². The number of carboxylic acids is 1. The summed E-state index contributed by atoms with van der Waals surface area (Å²) in [6, 6.07) is 8.32. The third kappa shape index (κ3) is 4.55. The molecule has 1 aromatic carbocycles. The standard InChI is InChI=1S/C18H23FN2O4/c1-12(2)15(20-14(22)10-13-6-4-3-5-7-13)16(23)21-9-8-18(19,11-21)17(24)25/h3-7,12,15H,8-11H2,1-2H3,(H,20,22)(H,24,25). The number of carbonyl (C=O) groups is 3. The fraction of sp³-hybridized carbons (Fsp3) is 0.500. The summed E-state index contributed by atoms with van der Waals surface area (Å²) in [5.74, 6) is -2.51. The van der Waals surface area contributed by atoms with Gasteiger partial charge in [-0.25, -0.2) is 9.18 Å². The number of alkyl halides is 1. The molecule has 2 unspecified atom stereocenters. The van der Waals surface area contributed by atoms with Gasteiger partial charge in [0.05, 0.1) is 13.0 Å². The summed E-state index contributed by atoms with van der Waals surface area (Å²) in [5, 5.41) is 11.6. The van der Waals surface area contributed by atoms with Crippen LogP contribution in [0.5, 0.6) is 0 Å². The van der Waals surface area contributed by atoms with Crippen molar-refractivity contribution < 1.29 is 23.9 Å². The van der Waals surface area contributed by atoms with Gasteiger partial charge in [-0.2, -0.15) is 0 Å². The van der Waals surface area contributed by atoms with Crippen molar-refractivity contribution in [2.24, 2.45) is 5.92 Å². The van der Waals surface area contributed by atoms with Crippen LogP contribution >= 0.6 is 0 Å². The predicted octanol–water partition coefficient (Wildman–Crippen LogP) is 1.40. The van der Waals surface area contributed by atoms with Crippen LogP contribution in [0.15, 0.2) is 30.3 Å². The Hall–Kier alpha value is -2.44. The van der Waals surface area contributed by atoms with Gasteiger partial charge in [-0.3, -0.25) is 9.59 Å². The Balaban J connectivity index is 2.01. The van der Waals surface area contributed by atoms with Gasteiger partial charge in [0.25, 0.3) is 0 Å². The number of likely N-dealkylation sites (tertiary alicyclic amines) is 1. The highest BCUT2D eigenvalue weighted by Crippen LogP contribution is 2.27. The molecule has 1 saturated heterocycles. The first-order chi connectivity index (χ1) is 11.7. The summed E-state index contributed by atoms with van der Waals surface area (Å²) in [7, 11) is 0. The van der Waals surface area contributed by atoms with Crippen molar-refractivity contribution in [3.63, 3.8) is 0 Å². The molecule has 1 aromatic rings. The lowest BCUT2D eigenvalue weighted by Crippen LogP contribution is -2.52. The van der Waals surface area contributed by atoms with Crippen LogP contribution in [0.25, 0.3) is 0 Å². The number of hydrogen-bond acceptors (Lipinski definition) is 3. The van der Waals surface area contributed by atoms with Gasteiger partial charge >= 0.3 is 5.97 Å². The molecule has 1 aliphatic heterocycles. The number of nitrogens with zero attached hydrogens (tertiary/aromatic N) is 1. The van der Waals surface area contributed by atoms with E-state index in [-0.39, 0.29) is 31.2 Å². The van der Waals surface area contributed by atoms with E-state index in [1.54, 1.807) is 13.8 Å². The summed E-state index contributed by atoms with van der Waals surface area (Å²) in [4.78, 5) is 37.0. The molecular formula is C18H23FN2O4. The molecule has 136 valence electrons. The second-order valence-electron chi connectivity index (χ2n) is 6.73. The molecule has 0 aromatic heterocycles. The minimum absolute atomic E-state index is 0.0272. The average molecular weight is 350 g/mol. The van der Waals surface area contributed by atoms with Crippen molar-refractivity contribution in [1.29, 1.82) is 0 Å². The number of hydrogen-bond donors (Lipinski definition) is 2. The van der Waals surface area contributed by atoms with Crippen LogP contribution in [0, 0.1) is 5.92 Å². The number of carboxylic acid groups (broad SMARTS) is 1. The van der Waals surface area contributed by atoms with Crippen molar-refractivity contribution in [3.05, 3.63) is 35.9 Å². The molecule has 0 radical (unpaired) electrons. The molecule has 2 atom stereocenters. The van der Waals surface area contributed by atoms with E-state index in [0.29, 0.717) is 0 Å². The number of benzene rings is 1. The fourth-order valence-electron chi connectivity index (χ4n) is 2.85. The monoisotopic (exact) mass is 350 g/mol. The first-order valence-electron chi connectivity index (χ1n) is 8.27. The Bertz CT molecular complexity index is 650. The third-order valence-corrected chi connectivity index (χ3v) is 4.37. The van der Waals surface area contributed by atoms with Crippen LogP contribution in [-0.2, 0) is 20.8 Å². The number of nitrogens with one attached hydrogen (secondary N) is 1. The summed E-state index contributed by atoms with van der Waals surface area (Å²) in [6.07, 6.45) is -0.101. The maximum absolute atomic E-state index is 14.2. The van der Waals surface area contributed by atoms with E-state index in [4.69, 9.17) is 5.11 Å². The van der Waals surface area contributed by atoms with Gasteiger partial charge in [-0.15, -0.1) is 0 Å². The molecule has 2 amide bonds. The molecule has 0 bridgehead atoms. The first-order valence-corrected chi connectivity index (χ1v) is 8.27. The van der Waals surface area contributed by atoms with E-state index in [1.165, 1.54) is 4.90 Å². The Morgan fingerprint density at radius 2 is 1.92 bits per heavy atom. The largest absolute Gasteiger partial charge is 0.479 e. The minimum Gasteiger partial charge on any atom is -0.479 e. The van der Waals surface area contributed by atoms with Crippen LogP contribution in [0.2, 0.25) is 0 Å². The van der Waals surface area contributed by atoms with Crippen LogP contribution in [0.3, 0.4) is 0 Å². The first kappa shape index (κ1) is 18.9. The normalized spacial score (nSPS) is 21.2. The van der Waals surface area contributed by atoms with E-state index in [1.807, 2.05) is 30.3 Å². The van der Waals surface area contributed by atoms with E-state index in [2.05, 4.69) is 5.32 Å². The lowest BCUT2D eigenvalue weighted by Gasteiger charge is -2.27. The van der Waals surface area contributed by atoms with Crippen LogP contribution in [0.4, 0.5) is 4.39 Å². The quantitative estimate of drug-likeness (QED) is 0.812. The van der Waals surface area contributed by atoms with Gasteiger partial charge in [0.1, 0.15) is 6.04 Å². The van der Waals surface area contributed by atoms with E-state index in [0.717, 1.165) is 5.56 Å². The van der Waals surface area contributed by atoms with Gasteiger partial charge in [-0.1, -0.05) is 44.2 Å². The Labute approximate surface area is 146 Å². The van der Waals surface area contributed by atoms with Crippen molar-refractivity contribution in [2.75, 3.05) is 13.1 Å². The van der Waals surface area contributed by atoms with Crippen molar-refractivity contribution in [1.82, 2.24) is 10.2 Å². The smallest absolute Gasteiger partial charge is 0.343 e. The fourth-order valence-corrected chi connectivity index (χ4v) is 2.85. The summed E-state index contributed by atoms with van der Waals surface area (Å²) in [5.41, 5.74) is -1.59. The zero-order valence-electron chi connectivity index (χ0n) is 14.4. The SMILES string of the molecule is CC(C)C(NC(=O)Cc1ccccc1)C(=O)N1CCC(F)(C(=O)O)C1. The van der Waals surface area contributed by atoms with Gasteiger partial charge < -0.3 is 15.3 Å². The molecule has 1 heterocycles. The summed E-state index contributed by atoms with van der Waals surface area (Å²) in [6.45, 7) is 3.10. The van der Waals surface area contributed by atoms with Crippen molar-refractivity contribution in [3.8, 4) is 0 Å². The Kier molecular flexibility index (Phi) is 5.77. The van der Waals surface area contributed by atoms with E-state index < -0.39 is 30.1 Å². The number of aliphatic carboxylic acids is 1. The van der Waals surface area contributed by atoms with Crippen molar-refractivity contribution in [2.45, 2.75) is 38.4 Å². The number of rotatable bonds is 6. The maximum Gasteiger partial charge on any atom is 0.343 e. The molecule has 25 heavy (non-hydrogen) atoms. The molecule has 0 saturated carbocycles. The maximum atomic E-state index is 14.2. The molecule has 0 spiro atoms. The predicted molar refractivity (Wildman–Crippen MR) is 89.6 cm³/mol. The molecule has 2 N–H and O–H groups in total. The molecular weight excluding hydrogens is 327 g/mol. The minimum atomic E-state index is -2.41. The number of amides is 2. The van der Waals surface area contributed by atoms with Gasteiger partial charge in [0.2, 0.25) is 17.5 Å². The highest BCUT2D eigenvalue weighted by Gasteiger charge is 2.48. The van der Waals surface area contributed by atoms with Crippen LogP contribution < -0.4 is 5.32 Å². The molecule has 1 aliphatic rings. The highest BCUT2D eigenvalue weighted by atomic mass is 19.1. The highest BCUT2D eigenvalue weighted by molar-refractivity contribution is 5.90. The van der Waals surface area contributed by atoms with Crippen LogP contribution in [0.1, 0.15) is 25.8 Å². The second-order valence-corrected chi connectivity index (χ2v) is 6.73. The average Bonchev–Trinajstić information content (AvgIpc) is 2.96. The zero-order valence-corrected chi connectivity index (χ0v) is 14.4. The molecule has 7 heteroatoms. The second kappa shape index (κ2) is 7.63. The van der Waals surface area contributed by atoms with E-state index >= 15 is 0 Å². The third-order valence-electron chi connectivity index (χ3n) is 4.37. The molecule has 0 aliphatic carbocycles. The lowest BCUT2D eigenvalue weighted by molar-refractivity contribution is -0.150. The van der Waals surface area contributed by atoms with Gasteiger partial charge in [0, 0.05) is 13.0 Å². The lowest BCUT2D eigenvalue weighted by atomic mass is 10.0. The zero-order chi connectivity index (χ0) is 18.6. The van der Waals surface area contributed by atoms with Gasteiger partial charge in [0.15, 0.2) is 0 Å².